The third-order valence-electron chi connectivity index (χ3n) is 8.20. The number of aromatic amines is 1. The first-order chi connectivity index (χ1) is 21.6. The van der Waals surface area contributed by atoms with Gasteiger partial charge in [0.2, 0.25) is 0 Å². The van der Waals surface area contributed by atoms with Crippen LogP contribution in [0.3, 0.4) is 0 Å². The summed E-state index contributed by atoms with van der Waals surface area (Å²) in [5.74, 6) is 2.62. The maximum atomic E-state index is 6.31. The van der Waals surface area contributed by atoms with Crippen molar-refractivity contribution in [2.45, 2.75) is 0 Å². The summed E-state index contributed by atoms with van der Waals surface area (Å²) in [7, 11) is 3.83. The standard InChI is InChI=1S/C35H35N7O2/c1-41-14-16-42(17-15-41)18-19-44-33-21-29-31(22-32(33)43-2)38-34(26-10-8-25(9-11-26)24-6-4-3-5-7-24)39-35(29)37-28-12-13-30-27(20-28)23-36-40-30/h3-13,20-23H,14-19H2,1-2H3,(H,36,40)(H,37,38,39). The van der Waals surface area contributed by atoms with Crippen molar-refractivity contribution in [3.63, 3.8) is 0 Å². The molecule has 1 fully saturated rings. The van der Waals surface area contributed by atoms with Gasteiger partial charge in [0.25, 0.3) is 0 Å². The molecule has 2 aromatic heterocycles. The highest BCUT2D eigenvalue weighted by molar-refractivity contribution is 5.95. The second-order valence-electron chi connectivity index (χ2n) is 11.1. The number of ether oxygens (including phenoxy) is 2. The fourth-order valence-corrected chi connectivity index (χ4v) is 5.59. The van der Waals surface area contributed by atoms with Crippen LogP contribution in [-0.4, -0.2) is 83.5 Å². The molecule has 0 unspecified atom stereocenters. The van der Waals surface area contributed by atoms with E-state index in [1.165, 1.54) is 5.56 Å². The molecule has 9 heteroatoms. The molecular weight excluding hydrogens is 550 g/mol. The molecule has 0 radical (unpaired) electrons. The Labute approximate surface area is 256 Å². The molecule has 2 N–H and O–H groups in total. The van der Waals surface area contributed by atoms with Crippen molar-refractivity contribution in [2.24, 2.45) is 0 Å². The molecule has 0 amide bonds. The van der Waals surface area contributed by atoms with Crippen molar-refractivity contribution < 1.29 is 9.47 Å². The fourth-order valence-electron chi connectivity index (χ4n) is 5.59. The zero-order valence-corrected chi connectivity index (χ0v) is 25.0. The lowest BCUT2D eigenvalue weighted by atomic mass is 10.0. The zero-order valence-electron chi connectivity index (χ0n) is 25.0. The topological polar surface area (TPSA) is 91.4 Å². The number of H-pyrrole nitrogens is 1. The van der Waals surface area contributed by atoms with Crippen molar-refractivity contribution >= 4 is 33.3 Å². The third-order valence-corrected chi connectivity index (χ3v) is 8.20. The zero-order chi connectivity index (χ0) is 29.9. The second kappa shape index (κ2) is 12.3. The number of fused-ring (bicyclic) bond motifs is 2. The second-order valence-corrected chi connectivity index (χ2v) is 11.1. The lowest BCUT2D eigenvalue weighted by molar-refractivity contribution is 0.133. The van der Waals surface area contributed by atoms with E-state index in [1.54, 1.807) is 7.11 Å². The van der Waals surface area contributed by atoms with Crippen LogP contribution < -0.4 is 14.8 Å². The Hall–Kier alpha value is -4.99. The predicted molar refractivity (Wildman–Crippen MR) is 176 cm³/mol. The molecule has 0 spiro atoms. The highest BCUT2D eigenvalue weighted by Crippen LogP contribution is 2.37. The normalized spacial score (nSPS) is 14.2. The van der Waals surface area contributed by atoms with Crippen molar-refractivity contribution in [1.82, 2.24) is 30.0 Å². The maximum Gasteiger partial charge on any atom is 0.162 e. The molecule has 3 heterocycles. The van der Waals surface area contributed by atoms with E-state index in [-0.39, 0.29) is 0 Å². The van der Waals surface area contributed by atoms with Crippen LogP contribution in [0.4, 0.5) is 11.5 Å². The van der Waals surface area contributed by atoms with Crippen LogP contribution >= 0.6 is 0 Å². The minimum Gasteiger partial charge on any atom is -0.493 e. The summed E-state index contributed by atoms with van der Waals surface area (Å²) in [6, 6.07) is 28.7. The predicted octanol–water partition coefficient (Wildman–Crippen LogP) is 6.22. The Bertz CT molecular complexity index is 1880. The Kier molecular flexibility index (Phi) is 7.79. The van der Waals surface area contributed by atoms with Crippen molar-refractivity contribution in [3.05, 3.63) is 91.1 Å². The highest BCUT2D eigenvalue weighted by atomic mass is 16.5. The molecule has 1 aliphatic rings. The van der Waals surface area contributed by atoms with E-state index in [1.807, 2.05) is 48.7 Å². The molecule has 4 aromatic carbocycles. The van der Waals surface area contributed by atoms with Crippen LogP contribution in [0.1, 0.15) is 0 Å². The van der Waals surface area contributed by atoms with E-state index < -0.39 is 0 Å². The molecule has 0 atom stereocenters. The molecule has 44 heavy (non-hydrogen) atoms. The van der Waals surface area contributed by atoms with Crippen LogP contribution in [-0.2, 0) is 0 Å². The van der Waals surface area contributed by atoms with Gasteiger partial charge in [-0.3, -0.25) is 10.00 Å². The van der Waals surface area contributed by atoms with E-state index in [9.17, 15) is 0 Å². The fraction of sp³-hybridized carbons (Fsp3) is 0.229. The van der Waals surface area contributed by atoms with Gasteiger partial charge in [-0.1, -0.05) is 54.6 Å². The van der Waals surface area contributed by atoms with Crippen LogP contribution in [0.15, 0.2) is 91.1 Å². The average molecular weight is 586 g/mol. The number of piperazine rings is 1. The van der Waals surface area contributed by atoms with E-state index in [4.69, 9.17) is 19.4 Å². The molecule has 0 bridgehead atoms. The van der Waals surface area contributed by atoms with Gasteiger partial charge in [-0.25, -0.2) is 9.97 Å². The number of benzene rings is 4. The van der Waals surface area contributed by atoms with E-state index in [2.05, 4.69) is 74.8 Å². The number of nitrogens with one attached hydrogen (secondary N) is 2. The molecule has 6 aromatic rings. The van der Waals surface area contributed by atoms with Crippen LogP contribution in [0.5, 0.6) is 11.5 Å². The molecule has 1 aliphatic heterocycles. The number of anilines is 2. The molecule has 0 saturated carbocycles. The minimum absolute atomic E-state index is 0.568. The Morgan fingerprint density at radius 3 is 2.39 bits per heavy atom. The summed E-state index contributed by atoms with van der Waals surface area (Å²) in [5.41, 5.74) is 5.87. The number of nitrogens with zero attached hydrogens (tertiary/aromatic N) is 5. The van der Waals surface area contributed by atoms with Gasteiger partial charge in [0, 0.05) is 60.8 Å². The Morgan fingerprint density at radius 2 is 1.59 bits per heavy atom. The van der Waals surface area contributed by atoms with E-state index >= 15 is 0 Å². The van der Waals surface area contributed by atoms with Gasteiger partial charge in [-0.2, -0.15) is 5.10 Å². The number of methoxy groups -OCH3 is 1. The SMILES string of the molecule is COc1cc2nc(-c3ccc(-c4ccccc4)cc3)nc(Nc3ccc4[nH]ncc4c3)c2cc1OCCN1CCN(C)CC1. The molecule has 7 rings (SSSR count). The molecule has 9 nitrogen and oxygen atoms in total. The van der Waals surface area contributed by atoms with Gasteiger partial charge in [0.05, 0.1) is 24.3 Å². The van der Waals surface area contributed by atoms with Crippen molar-refractivity contribution in [1.29, 1.82) is 0 Å². The summed E-state index contributed by atoms with van der Waals surface area (Å²) in [5, 5.41) is 12.6. The first-order valence-corrected chi connectivity index (χ1v) is 14.9. The maximum absolute atomic E-state index is 6.31. The number of rotatable bonds is 9. The highest BCUT2D eigenvalue weighted by Gasteiger charge is 2.17. The summed E-state index contributed by atoms with van der Waals surface area (Å²) < 4.78 is 12.1. The molecule has 1 saturated heterocycles. The quantitative estimate of drug-likeness (QED) is 0.207. The molecular formula is C35H35N7O2. The Balaban J connectivity index is 1.24. The lowest BCUT2D eigenvalue weighted by Crippen LogP contribution is -2.45. The van der Waals surface area contributed by atoms with Gasteiger partial charge in [0.1, 0.15) is 12.4 Å². The first-order valence-electron chi connectivity index (χ1n) is 14.9. The van der Waals surface area contributed by atoms with Gasteiger partial charge in [-0.05, 0) is 42.4 Å². The van der Waals surface area contributed by atoms with Gasteiger partial charge >= 0.3 is 0 Å². The van der Waals surface area contributed by atoms with Crippen molar-refractivity contribution in [3.8, 4) is 34.0 Å². The number of aromatic nitrogens is 4. The summed E-state index contributed by atoms with van der Waals surface area (Å²) in [6.45, 7) is 5.68. The van der Waals surface area contributed by atoms with Crippen LogP contribution in [0.25, 0.3) is 44.3 Å². The van der Waals surface area contributed by atoms with Gasteiger partial charge in [-0.15, -0.1) is 0 Å². The van der Waals surface area contributed by atoms with E-state index in [0.29, 0.717) is 29.7 Å². The van der Waals surface area contributed by atoms with Crippen molar-refractivity contribution in [2.75, 3.05) is 58.8 Å². The summed E-state index contributed by atoms with van der Waals surface area (Å²) in [4.78, 5) is 14.8. The molecule has 222 valence electrons. The monoisotopic (exact) mass is 585 g/mol. The molecule has 0 aliphatic carbocycles. The largest absolute Gasteiger partial charge is 0.493 e. The summed E-state index contributed by atoms with van der Waals surface area (Å²) >= 11 is 0. The number of hydrogen-bond donors (Lipinski definition) is 2. The minimum atomic E-state index is 0.568. The third kappa shape index (κ3) is 5.92. The van der Waals surface area contributed by atoms with Crippen LogP contribution in [0, 0.1) is 0 Å². The van der Waals surface area contributed by atoms with E-state index in [0.717, 1.165) is 71.3 Å². The average Bonchev–Trinajstić information content (AvgIpc) is 3.54. The number of hydrogen-bond acceptors (Lipinski definition) is 8. The number of likely N-dealkylation sites (N-methyl/N-ethyl adjacent to an activating group) is 1. The van der Waals surface area contributed by atoms with Gasteiger partial charge in [0.15, 0.2) is 17.3 Å². The first kappa shape index (κ1) is 27.8. The smallest absolute Gasteiger partial charge is 0.162 e. The lowest BCUT2D eigenvalue weighted by Gasteiger charge is -2.32. The summed E-state index contributed by atoms with van der Waals surface area (Å²) in [6.07, 6.45) is 1.81. The van der Waals surface area contributed by atoms with Crippen LogP contribution in [0.2, 0.25) is 0 Å². The Morgan fingerprint density at radius 1 is 0.818 bits per heavy atom. The van der Waals surface area contributed by atoms with Gasteiger partial charge < -0.3 is 19.7 Å².